The van der Waals surface area contributed by atoms with E-state index in [1.807, 2.05) is 7.05 Å². The molecule has 0 aromatic heterocycles. The van der Waals surface area contributed by atoms with E-state index in [0.717, 1.165) is 18.4 Å². The number of hydrogen-bond donors (Lipinski definition) is 1. The largest absolute Gasteiger partial charge is 0.320 e. The van der Waals surface area contributed by atoms with Crippen LogP contribution in [-0.4, -0.2) is 13.6 Å². The third kappa shape index (κ3) is 4.94. The predicted molar refractivity (Wildman–Crippen MR) is 88.3 cm³/mol. The first kappa shape index (κ1) is 15.6. The Morgan fingerprint density at radius 3 is 2.40 bits per heavy atom. The summed E-state index contributed by atoms with van der Waals surface area (Å²) in [5.74, 6) is 1.66. The van der Waals surface area contributed by atoms with Crippen LogP contribution in [0.25, 0.3) is 0 Å². The second-order valence-electron chi connectivity index (χ2n) is 6.61. The van der Waals surface area contributed by atoms with Crippen molar-refractivity contribution < 1.29 is 0 Å². The van der Waals surface area contributed by atoms with E-state index < -0.39 is 0 Å². The topological polar surface area (TPSA) is 12.0 Å². The first-order chi connectivity index (χ1) is 9.79. The summed E-state index contributed by atoms with van der Waals surface area (Å²) in [6.45, 7) is 3.51. The number of benzene rings is 1. The molecule has 0 heterocycles. The summed E-state index contributed by atoms with van der Waals surface area (Å²) in [6, 6.07) is 9.52. The summed E-state index contributed by atoms with van der Waals surface area (Å²) in [7, 11) is 2.04. The highest BCUT2D eigenvalue weighted by Crippen LogP contribution is 2.32. The second-order valence-corrected chi connectivity index (χ2v) is 6.61. The van der Waals surface area contributed by atoms with Crippen molar-refractivity contribution >= 4 is 0 Å². The lowest BCUT2D eigenvalue weighted by atomic mass is 9.84. The van der Waals surface area contributed by atoms with Gasteiger partial charge in [0, 0.05) is 0 Å². The van der Waals surface area contributed by atoms with Gasteiger partial charge in [-0.25, -0.2) is 0 Å². The number of nitrogens with one attached hydrogen (secondary N) is 1. The van der Waals surface area contributed by atoms with Crippen LogP contribution in [0.1, 0.15) is 68.9 Å². The van der Waals surface area contributed by atoms with Crippen LogP contribution in [0.15, 0.2) is 24.3 Å². The van der Waals surface area contributed by atoms with Crippen molar-refractivity contribution in [1.29, 1.82) is 0 Å². The summed E-state index contributed by atoms with van der Waals surface area (Å²) < 4.78 is 0. The molecule has 1 atom stereocenters. The molecule has 2 rings (SSSR count). The maximum absolute atomic E-state index is 3.24. The molecule has 1 N–H and O–H groups in total. The number of rotatable bonds is 7. The van der Waals surface area contributed by atoms with E-state index in [2.05, 4.69) is 36.5 Å². The van der Waals surface area contributed by atoms with E-state index in [1.54, 1.807) is 5.56 Å². The van der Waals surface area contributed by atoms with Crippen molar-refractivity contribution in [3.63, 3.8) is 0 Å². The highest BCUT2D eigenvalue weighted by molar-refractivity contribution is 5.25. The molecule has 1 heteroatoms. The van der Waals surface area contributed by atoms with Crippen LogP contribution < -0.4 is 5.32 Å². The zero-order valence-corrected chi connectivity index (χ0v) is 13.3. The average Bonchev–Trinajstić information content (AvgIpc) is 2.52. The fourth-order valence-corrected chi connectivity index (χ4v) is 3.34. The van der Waals surface area contributed by atoms with E-state index >= 15 is 0 Å². The third-order valence-corrected chi connectivity index (χ3v) is 4.87. The molecule has 0 amide bonds. The van der Waals surface area contributed by atoms with E-state index in [9.17, 15) is 0 Å². The lowest BCUT2D eigenvalue weighted by molar-refractivity contribution is 0.443. The maximum atomic E-state index is 3.24. The second kappa shape index (κ2) is 8.46. The predicted octanol–water partition coefficient (Wildman–Crippen LogP) is 4.91. The van der Waals surface area contributed by atoms with Gasteiger partial charge in [0.25, 0.3) is 0 Å². The normalized spacial score (nSPS) is 18.1. The Labute approximate surface area is 125 Å². The molecule has 1 aromatic carbocycles. The Bertz CT molecular complexity index is 362. The minimum Gasteiger partial charge on any atom is -0.320 e. The van der Waals surface area contributed by atoms with Crippen molar-refractivity contribution in [2.75, 3.05) is 13.6 Å². The van der Waals surface area contributed by atoms with Crippen molar-refractivity contribution in [3.05, 3.63) is 35.4 Å². The maximum Gasteiger partial charge on any atom is -0.00494 e. The van der Waals surface area contributed by atoms with Crippen molar-refractivity contribution in [1.82, 2.24) is 5.32 Å². The summed E-state index contributed by atoms with van der Waals surface area (Å²) in [5, 5.41) is 3.24. The standard InChI is InChI=1S/C19H31N/c1-16(14-15-20-2)8-9-17-10-12-19(13-11-17)18-6-4-3-5-7-18/h10-13,16,18,20H,3-9,14-15H2,1-2H3. The van der Waals surface area contributed by atoms with Crippen LogP contribution in [0, 0.1) is 5.92 Å². The minimum atomic E-state index is 0.820. The fourth-order valence-electron chi connectivity index (χ4n) is 3.34. The Kier molecular flexibility index (Phi) is 6.59. The lowest BCUT2D eigenvalue weighted by Gasteiger charge is -2.22. The van der Waals surface area contributed by atoms with Gasteiger partial charge in [0.2, 0.25) is 0 Å². The van der Waals surface area contributed by atoms with Crippen molar-refractivity contribution in [2.24, 2.45) is 5.92 Å². The molecule has 112 valence electrons. The van der Waals surface area contributed by atoms with Gasteiger partial charge >= 0.3 is 0 Å². The summed E-state index contributed by atoms with van der Waals surface area (Å²) in [5.41, 5.74) is 3.09. The first-order valence-corrected chi connectivity index (χ1v) is 8.53. The van der Waals surface area contributed by atoms with Crippen LogP contribution >= 0.6 is 0 Å². The highest BCUT2D eigenvalue weighted by Gasteiger charge is 2.15. The molecule has 20 heavy (non-hydrogen) atoms. The molecule has 1 aliphatic carbocycles. The van der Waals surface area contributed by atoms with Crippen molar-refractivity contribution in [2.45, 2.75) is 64.2 Å². The molecule has 0 spiro atoms. The summed E-state index contributed by atoms with van der Waals surface area (Å²) >= 11 is 0. The monoisotopic (exact) mass is 273 g/mol. The Morgan fingerprint density at radius 1 is 1.05 bits per heavy atom. The van der Waals surface area contributed by atoms with E-state index in [0.29, 0.717) is 0 Å². The van der Waals surface area contributed by atoms with Crippen LogP contribution in [0.2, 0.25) is 0 Å². The van der Waals surface area contributed by atoms with Gasteiger partial charge in [0.15, 0.2) is 0 Å². The molecule has 0 radical (unpaired) electrons. The zero-order valence-electron chi connectivity index (χ0n) is 13.3. The quantitative estimate of drug-likeness (QED) is 0.744. The first-order valence-electron chi connectivity index (χ1n) is 8.53. The van der Waals surface area contributed by atoms with Crippen molar-refractivity contribution in [3.8, 4) is 0 Å². The smallest absolute Gasteiger partial charge is 0.00494 e. The van der Waals surface area contributed by atoms with Gasteiger partial charge in [-0.3, -0.25) is 0 Å². The lowest BCUT2D eigenvalue weighted by Crippen LogP contribution is -2.11. The Hall–Kier alpha value is -0.820. The Balaban J connectivity index is 1.79. The molecule has 1 aliphatic rings. The summed E-state index contributed by atoms with van der Waals surface area (Å²) in [6.07, 6.45) is 10.9. The third-order valence-electron chi connectivity index (χ3n) is 4.87. The number of aryl methyl sites for hydroxylation is 1. The molecule has 1 nitrogen and oxygen atoms in total. The van der Waals surface area contributed by atoms with Gasteiger partial charge in [-0.15, -0.1) is 0 Å². The average molecular weight is 273 g/mol. The molecule has 1 unspecified atom stereocenters. The SMILES string of the molecule is CNCCC(C)CCc1ccc(C2CCCCC2)cc1. The number of hydrogen-bond acceptors (Lipinski definition) is 1. The van der Waals surface area contributed by atoms with Gasteiger partial charge in [0.1, 0.15) is 0 Å². The van der Waals surface area contributed by atoms with E-state index in [4.69, 9.17) is 0 Å². The van der Waals surface area contributed by atoms with Gasteiger partial charge in [-0.1, -0.05) is 50.5 Å². The fraction of sp³-hybridized carbons (Fsp3) is 0.684. The van der Waals surface area contributed by atoms with Crippen LogP contribution in [0.3, 0.4) is 0 Å². The molecule has 1 saturated carbocycles. The van der Waals surface area contributed by atoms with Gasteiger partial charge in [-0.05, 0) is 68.7 Å². The molecule has 0 saturated heterocycles. The molecular formula is C19H31N. The molecular weight excluding hydrogens is 242 g/mol. The van der Waals surface area contributed by atoms with Crippen LogP contribution in [0.4, 0.5) is 0 Å². The molecule has 1 fully saturated rings. The highest BCUT2D eigenvalue weighted by atomic mass is 14.8. The van der Waals surface area contributed by atoms with Crippen LogP contribution in [0.5, 0.6) is 0 Å². The molecule has 0 bridgehead atoms. The van der Waals surface area contributed by atoms with Gasteiger partial charge < -0.3 is 5.32 Å². The van der Waals surface area contributed by atoms with Gasteiger partial charge in [-0.2, -0.15) is 0 Å². The van der Waals surface area contributed by atoms with Crippen LogP contribution in [-0.2, 0) is 6.42 Å². The molecule has 1 aromatic rings. The van der Waals surface area contributed by atoms with E-state index in [1.165, 1.54) is 56.9 Å². The molecule has 0 aliphatic heterocycles. The zero-order chi connectivity index (χ0) is 14.2. The van der Waals surface area contributed by atoms with Gasteiger partial charge in [0.05, 0.1) is 0 Å². The van der Waals surface area contributed by atoms with E-state index in [-0.39, 0.29) is 0 Å². The summed E-state index contributed by atoms with van der Waals surface area (Å²) in [4.78, 5) is 0. The Morgan fingerprint density at radius 2 is 1.75 bits per heavy atom. The minimum absolute atomic E-state index is 0.820.